The van der Waals surface area contributed by atoms with Crippen LogP contribution < -0.4 is 15.4 Å². The van der Waals surface area contributed by atoms with Gasteiger partial charge in [0.25, 0.3) is 5.91 Å². The molecule has 0 aliphatic carbocycles. The van der Waals surface area contributed by atoms with Crippen molar-refractivity contribution in [2.75, 3.05) is 6.54 Å². The fourth-order valence-electron chi connectivity index (χ4n) is 3.18. The van der Waals surface area contributed by atoms with E-state index in [0.717, 1.165) is 5.56 Å². The molecule has 0 heterocycles. The molecule has 0 bridgehead atoms. The van der Waals surface area contributed by atoms with Gasteiger partial charge in [0.2, 0.25) is 15.9 Å². The maximum absolute atomic E-state index is 12.5. The Morgan fingerprint density at radius 1 is 0.714 bits per heavy atom. The Labute approximate surface area is 204 Å². The summed E-state index contributed by atoms with van der Waals surface area (Å²) in [7, 11) is -3.75. The van der Waals surface area contributed by atoms with E-state index in [1.807, 2.05) is 30.3 Å². The fourth-order valence-corrected chi connectivity index (χ4v) is 4.20. The standard InChI is InChI=1S/C26H27N3O5S/c1-19(30)22-11-13-24(14-12-22)35(33,34)29-18-21-7-9-23(10-8-21)26(32)27-16-15-25(31)28-17-20-5-3-2-4-6-20/h2-14,29H,15-18H2,1H3,(H,27,32)(H,28,31). The third kappa shape index (κ3) is 7.87. The molecule has 3 N–H and O–H groups in total. The van der Waals surface area contributed by atoms with Gasteiger partial charge in [0.1, 0.15) is 0 Å². The lowest BCUT2D eigenvalue weighted by molar-refractivity contribution is -0.121. The Hall–Kier alpha value is -3.82. The zero-order valence-electron chi connectivity index (χ0n) is 19.3. The van der Waals surface area contributed by atoms with Crippen LogP contribution in [0.4, 0.5) is 0 Å². The number of ketones is 1. The Morgan fingerprint density at radius 2 is 1.31 bits per heavy atom. The maximum atomic E-state index is 12.5. The topological polar surface area (TPSA) is 121 Å². The minimum absolute atomic E-state index is 0.0419. The second-order valence-corrected chi connectivity index (χ2v) is 9.64. The first kappa shape index (κ1) is 25.8. The Balaban J connectivity index is 1.43. The van der Waals surface area contributed by atoms with Crippen molar-refractivity contribution in [3.05, 3.63) is 101 Å². The van der Waals surface area contributed by atoms with E-state index < -0.39 is 10.0 Å². The Bertz CT molecular complexity index is 1270. The van der Waals surface area contributed by atoms with Gasteiger partial charge in [-0.1, -0.05) is 54.6 Å². The molecule has 3 rings (SSSR count). The molecule has 0 fully saturated rings. The van der Waals surface area contributed by atoms with Crippen LogP contribution in [0.25, 0.3) is 0 Å². The third-order valence-corrected chi connectivity index (χ3v) is 6.64. The zero-order chi connectivity index (χ0) is 25.3. The van der Waals surface area contributed by atoms with Crippen molar-refractivity contribution in [3.63, 3.8) is 0 Å². The van der Waals surface area contributed by atoms with Gasteiger partial charge in [-0.2, -0.15) is 0 Å². The lowest BCUT2D eigenvalue weighted by Crippen LogP contribution is -2.30. The number of sulfonamides is 1. The van der Waals surface area contributed by atoms with Crippen LogP contribution in [0.15, 0.2) is 83.8 Å². The van der Waals surface area contributed by atoms with Crippen LogP contribution in [0.5, 0.6) is 0 Å². The number of rotatable bonds is 11. The largest absolute Gasteiger partial charge is 0.352 e. The van der Waals surface area contributed by atoms with Gasteiger partial charge in [-0.05, 0) is 42.3 Å². The van der Waals surface area contributed by atoms with E-state index in [2.05, 4.69) is 15.4 Å². The molecule has 3 aromatic rings. The van der Waals surface area contributed by atoms with E-state index in [0.29, 0.717) is 23.2 Å². The van der Waals surface area contributed by atoms with Crippen LogP contribution in [-0.4, -0.2) is 32.6 Å². The molecular formula is C26H27N3O5S. The van der Waals surface area contributed by atoms with Crippen molar-refractivity contribution >= 4 is 27.6 Å². The number of carbonyl (C=O) groups is 3. The number of Topliss-reactive ketones (excluding diaryl/α,β-unsaturated/α-hetero) is 1. The van der Waals surface area contributed by atoms with Crippen LogP contribution in [0.2, 0.25) is 0 Å². The summed E-state index contributed by atoms with van der Waals surface area (Å²) in [6.07, 6.45) is 0.159. The van der Waals surface area contributed by atoms with Crippen molar-refractivity contribution in [3.8, 4) is 0 Å². The van der Waals surface area contributed by atoms with Crippen LogP contribution >= 0.6 is 0 Å². The van der Waals surface area contributed by atoms with Crippen molar-refractivity contribution < 1.29 is 22.8 Å². The minimum atomic E-state index is -3.75. The van der Waals surface area contributed by atoms with E-state index in [-0.39, 0.29) is 42.0 Å². The number of amides is 2. The number of nitrogens with one attached hydrogen (secondary N) is 3. The predicted molar refractivity (Wildman–Crippen MR) is 132 cm³/mol. The molecule has 0 spiro atoms. The molecule has 0 unspecified atom stereocenters. The van der Waals surface area contributed by atoms with Gasteiger partial charge in [-0.3, -0.25) is 14.4 Å². The van der Waals surface area contributed by atoms with E-state index in [9.17, 15) is 22.8 Å². The summed E-state index contributed by atoms with van der Waals surface area (Å²) in [4.78, 5) is 35.7. The minimum Gasteiger partial charge on any atom is -0.352 e. The quantitative estimate of drug-likeness (QED) is 0.355. The van der Waals surface area contributed by atoms with E-state index >= 15 is 0 Å². The van der Waals surface area contributed by atoms with Gasteiger partial charge in [-0.25, -0.2) is 13.1 Å². The molecule has 0 aliphatic heterocycles. The first-order valence-electron chi connectivity index (χ1n) is 11.0. The smallest absolute Gasteiger partial charge is 0.251 e. The molecule has 0 aromatic heterocycles. The van der Waals surface area contributed by atoms with Crippen molar-refractivity contribution in [1.82, 2.24) is 15.4 Å². The van der Waals surface area contributed by atoms with Crippen LogP contribution in [0.1, 0.15) is 45.2 Å². The highest BCUT2D eigenvalue weighted by molar-refractivity contribution is 7.89. The summed E-state index contributed by atoms with van der Waals surface area (Å²) in [5.74, 6) is -0.622. The van der Waals surface area contributed by atoms with Crippen LogP contribution in [-0.2, 0) is 27.9 Å². The normalized spacial score (nSPS) is 11.0. The summed E-state index contributed by atoms with van der Waals surface area (Å²) in [6, 6.07) is 21.7. The fraction of sp³-hybridized carbons (Fsp3) is 0.192. The second-order valence-electron chi connectivity index (χ2n) is 7.87. The monoisotopic (exact) mass is 493 g/mol. The molecule has 0 aliphatic rings. The summed E-state index contributed by atoms with van der Waals surface area (Å²) in [5, 5.41) is 5.51. The molecule has 0 radical (unpaired) electrons. The highest BCUT2D eigenvalue weighted by atomic mass is 32.2. The van der Waals surface area contributed by atoms with Gasteiger partial charge in [0.15, 0.2) is 5.78 Å². The van der Waals surface area contributed by atoms with E-state index in [1.54, 1.807) is 24.3 Å². The van der Waals surface area contributed by atoms with Gasteiger partial charge in [0, 0.05) is 37.2 Å². The van der Waals surface area contributed by atoms with Gasteiger partial charge in [0.05, 0.1) is 4.90 Å². The molecule has 182 valence electrons. The van der Waals surface area contributed by atoms with E-state index in [1.165, 1.54) is 31.2 Å². The summed E-state index contributed by atoms with van der Waals surface area (Å²) >= 11 is 0. The molecule has 0 atom stereocenters. The number of hydrogen-bond acceptors (Lipinski definition) is 5. The molecule has 9 heteroatoms. The first-order valence-corrected chi connectivity index (χ1v) is 12.5. The molecule has 0 saturated carbocycles. The first-order chi connectivity index (χ1) is 16.7. The van der Waals surface area contributed by atoms with Crippen LogP contribution in [0, 0.1) is 0 Å². The Kier molecular flexibility index (Phi) is 8.88. The SMILES string of the molecule is CC(=O)c1ccc(S(=O)(=O)NCc2ccc(C(=O)NCCC(=O)NCc3ccccc3)cc2)cc1. The highest BCUT2D eigenvalue weighted by Gasteiger charge is 2.14. The number of hydrogen-bond donors (Lipinski definition) is 3. The van der Waals surface area contributed by atoms with Crippen molar-refractivity contribution in [2.24, 2.45) is 0 Å². The van der Waals surface area contributed by atoms with Gasteiger partial charge in [-0.15, -0.1) is 0 Å². The third-order valence-electron chi connectivity index (χ3n) is 5.22. The predicted octanol–water partition coefficient (Wildman–Crippen LogP) is 2.80. The average Bonchev–Trinajstić information content (AvgIpc) is 2.87. The summed E-state index contributed by atoms with van der Waals surface area (Å²) < 4.78 is 27.4. The molecule has 35 heavy (non-hydrogen) atoms. The maximum Gasteiger partial charge on any atom is 0.251 e. The molecule has 8 nitrogen and oxygen atoms in total. The van der Waals surface area contributed by atoms with Gasteiger partial charge < -0.3 is 10.6 Å². The zero-order valence-corrected chi connectivity index (χ0v) is 20.1. The van der Waals surface area contributed by atoms with E-state index in [4.69, 9.17) is 0 Å². The number of benzene rings is 3. The van der Waals surface area contributed by atoms with Crippen molar-refractivity contribution in [1.29, 1.82) is 0 Å². The Morgan fingerprint density at radius 3 is 1.94 bits per heavy atom. The highest BCUT2D eigenvalue weighted by Crippen LogP contribution is 2.12. The number of carbonyl (C=O) groups excluding carboxylic acids is 3. The molecular weight excluding hydrogens is 466 g/mol. The average molecular weight is 494 g/mol. The van der Waals surface area contributed by atoms with Crippen molar-refractivity contribution in [2.45, 2.75) is 31.3 Å². The molecule has 3 aromatic carbocycles. The van der Waals surface area contributed by atoms with Crippen LogP contribution in [0.3, 0.4) is 0 Å². The lowest BCUT2D eigenvalue weighted by Gasteiger charge is -2.09. The molecule has 2 amide bonds. The molecule has 0 saturated heterocycles. The summed E-state index contributed by atoms with van der Waals surface area (Å²) in [6.45, 7) is 2.09. The lowest BCUT2D eigenvalue weighted by atomic mass is 10.1. The van der Waals surface area contributed by atoms with Gasteiger partial charge >= 0.3 is 0 Å². The summed E-state index contributed by atoms with van der Waals surface area (Å²) in [5.41, 5.74) is 2.51. The second kappa shape index (κ2) is 12.0.